The summed E-state index contributed by atoms with van der Waals surface area (Å²) in [6, 6.07) is 22.7. The average Bonchev–Trinajstić information content (AvgIpc) is 3.28. The Morgan fingerprint density at radius 1 is 0.939 bits per heavy atom. The second kappa shape index (κ2) is 9.80. The van der Waals surface area contributed by atoms with Gasteiger partial charge in [-0.2, -0.15) is 4.72 Å². The molecular formula is C23H19ClN4O3S2. The minimum absolute atomic E-state index is 0.0486. The van der Waals surface area contributed by atoms with Crippen LogP contribution in [-0.4, -0.2) is 24.5 Å². The summed E-state index contributed by atoms with van der Waals surface area (Å²) in [5.41, 5.74) is 2.80. The number of sulfonamides is 1. The maximum absolute atomic E-state index is 13.2. The summed E-state index contributed by atoms with van der Waals surface area (Å²) in [4.78, 5) is 12.5. The summed E-state index contributed by atoms with van der Waals surface area (Å²) in [5, 5.41) is 10.5. The Morgan fingerprint density at radius 2 is 1.61 bits per heavy atom. The summed E-state index contributed by atoms with van der Waals surface area (Å²) in [6.07, 6.45) is 0. The van der Waals surface area contributed by atoms with Crippen LogP contribution in [-0.2, 0) is 10.0 Å². The van der Waals surface area contributed by atoms with Crippen LogP contribution in [0.15, 0.2) is 83.2 Å². The molecule has 2 N–H and O–H groups in total. The van der Waals surface area contributed by atoms with Crippen LogP contribution in [0.25, 0.3) is 0 Å². The molecule has 0 aliphatic heterocycles. The Morgan fingerprint density at radius 3 is 2.33 bits per heavy atom. The van der Waals surface area contributed by atoms with E-state index in [0.29, 0.717) is 0 Å². The Bertz CT molecular complexity index is 1390. The largest absolute Gasteiger partial charge is 0.296 e. The molecule has 4 aromatic rings. The van der Waals surface area contributed by atoms with Crippen molar-refractivity contribution in [1.29, 1.82) is 0 Å². The van der Waals surface area contributed by atoms with Gasteiger partial charge in [-0.15, -0.1) is 10.2 Å². The highest BCUT2D eigenvalue weighted by Crippen LogP contribution is 2.29. The third kappa shape index (κ3) is 5.28. The third-order valence-electron chi connectivity index (χ3n) is 4.88. The van der Waals surface area contributed by atoms with E-state index in [-0.39, 0.29) is 20.1 Å². The number of anilines is 1. The van der Waals surface area contributed by atoms with Crippen molar-refractivity contribution >= 4 is 44.0 Å². The zero-order chi connectivity index (χ0) is 23.4. The summed E-state index contributed by atoms with van der Waals surface area (Å²) in [5.74, 6) is -0.504. The normalized spacial score (nSPS) is 12.3. The molecule has 0 bridgehead atoms. The van der Waals surface area contributed by atoms with Gasteiger partial charge >= 0.3 is 0 Å². The van der Waals surface area contributed by atoms with Crippen LogP contribution in [0.2, 0.25) is 5.02 Å². The van der Waals surface area contributed by atoms with E-state index in [4.69, 9.17) is 11.6 Å². The summed E-state index contributed by atoms with van der Waals surface area (Å²) >= 11 is 6.81. The number of hydrogen-bond acceptors (Lipinski definition) is 6. The molecule has 0 unspecified atom stereocenters. The fraction of sp³-hybridized carbons (Fsp3) is 0.0870. The van der Waals surface area contributed by atoms with E-state index in [1.54, 1.807) is 24.3 Å². The van der Waals surface area contributed by atoms with Gasteiger partial charge in [0.05, 0.1) is 16.6 Å². The van der Waals surface area contributed by atoms with Gasteiger partial charge in [-0.1, -0.05) is 89.7 Å². The van der Waals surface area contributed by atoms with Crippen molar-refractivity contribution in [1.82, 2.24) is 14.9 Å². The number of carbonyl (C=O) groups is 1. The van der Waals surface area contributed by atoms with E-state index in [1.165, 1.54) is 0 Å². The molecule has 3 aromatic carbocycles. The van der Waals surface area contributed by atoms with Gasteiger partial charge in [0.15, 0.2) is 0 Å². The second-order valence-electron chi connectivity index (χ2n) is 7.13. The second-order valence-corrected chi connectivity index (χ2v) is 10.4. The minimum Gasteiger partial charge on any atom is -0.296 e. The van der Waals surface area contributed by atoms with Crippen LogP contribution in [0.5, 0.6) is 0 Å². The monoisotopic (exact) mass is 498 g/mol. The van der Waals surface area contributed by atoms with E-state index in [2.05, 4.69) is 20.2 Å². The minimum atomic E-state index is -4.04. The standard InChI is InChI=1S/C23H19ClN4O3S2/c1-15-9-5-6-12-17(15)20(16-10-3-2-4-11-16)28-33(30,31)23-27-26-22(32-23)25-21(29)18-13-7-8-14-19(18)24/h2-14,20,28H,1H3,(H,25,26,29)/t20-/m0/s1. The molecule has 0 saturated carbocycles. The van der Waals surface area contributed by atoms with Gasteiger partial charge in [0.1, 0.15) is 0 Å². The number of nitrogens with one attached hydrogen (secondary N) is 2. The first kappa shape index (κ1) is 23.1. The molecule has 0 aliphatic rings. The Balaban J connectivity index is 1.60. The molecule has 1 heterocycles. The van der Waals surface area contributed by atoms with Crippen molar-refractivity contribution in [2.45, 2.75) is 17.3 Å². The Hall–Kier alpha value is -3.11. The summed E-state index contributed by atoms with van der Waals surface area (Å²) < 4.78 is 28.9. The SMILES string of the molecule is Cc1ccccc1[C@@H](NS(=O)(=O)c1nnc(NC(=O)c2ccccc2Cl)s1)c1ccccc1. The van der Waals surface area contributed by atoms with Crippen molar-refractivity contribution in [2.75, 3.05) is 5.32 Å². The molecule has 10 heteroatoms. The smallest absolute Gasteiger partial charge is 0.270 e. The van der Waals surface area contributed by atoms with Crippen molar-refractivity contribution in [3.63, 3.8) is 0 Å². The van der Waals surface area contributed by atoms with E-state index in [9.17, 15) is 13.2 Å². The lowest BCUT2D eigenvalue weighted by Crippen LogP contribution is -2.30. The topological polar surface area (TPSA) is 101 Å². The van der Waals surface area contributed by atoms with Gasteiger partial charge in [-0.3, -0.25) is 10.1 Å². The number of hydrogen-bond donors (Lipinski definition) is 2. The molecule has 1 aromatic heterocycles. The number of halogens is 1. The molecular weight excluding hydrogens is 480 g/mol. The number of nitrogens with zero attached hydrogens (tertiary/aromatic N) is 2. The highest BCUT2D eigenvalue weighted by Gasteiger charge is 2.27. The van der Waals surface area contributed by atoms with Crippen molar-refractivity contribution in [3.05, 3.63) is 106 Å². The van der Waals surface area contributed by atoms with E-state index < -0.39 is 22.0 Å². The lowest BCUT2D eigenvalue weighted by Gasteiger charge is -2.20. The van der Waals surface area contributed by atoms with Crippen molar-refractivity contribution in [3.8, 4) is 0 Å². The molecule has 0 radical (unpaired) electrons. The number of amides is 1. The van der Waals surface area contributed by atoms with E-state index in [0.717, 1.165) is 28.0 Å². The molecule has 0 aliphatic carbocycles. The lowest BCUT2D eigenvalue weighted by molar-refractivity contribution is 0.102. The van der Waals surface area contributed by atoms with E-state index in [1.807, 2.05) is 61.5 Å². The molecule has 168 valence electrons. The van der Waals surface area contributed by atoms with Crippen LogP contribution >= 0.6 is 22.9 Å². The van der Waals surface area contributed by atoms with Gasteiger partial charge in [0.2, 0.25) is 9.47 Å². The van der Waals surface area contributed by atoms with E-state index >= 15 is 0 Å². The number of rotatable bonds is 7. The molecule has 7 nitrogen and oxygen atoms in total. The highest BCUT2D eigenvalue weighted by molar-refractivity contribution is 7.91. The number of benzene rings is 3. The van der Waals surface area contributed by atoms with Gasteiger partial charge in [0, 0.05) is 0 Å². The van der Waals surface area contributed by atoms with Crippen LogP contribution in [0, 0.1) is 6.92 Å². The quantitative estimate of drug-likeness (QED) is 0.356. The lowest BCUT2D eigenvalue weighted by atomic mass is 9.96. The van der Waals surface area contributed by atoms with Crippen LogP contribution < -0.4 is 10.0 Å². The van der Waals surface area contributed by atoms with Crippen molar-refractivity contribution < 1.29 is 13.2 Å². The van der Waals surface area contributed by atoms with Crippen LogP contribution in [0.1, 0.15) is 33.1 Å². The summed E-state index contributed by atoms with van der Waals surface area (Å²) in [6.45, 7) is 1.92. The molecule has 1 atom stereocenters. The third-order valence-corrected chi connectivity index (χ3v) is 7.84. The highest BCUT2D eigenvalue weighted by atomic mass is 35.5. The van der Waals surface area contributed by atoms with Gasteiger partial charge in [-0.05, 0) is 35.7 Å². The number of aromatic nitrogens is 2. The molecule has 33 heavy (non-hydrogen) atoms. The van der Waals surface area contributed by atoms with Gasteiger partial charge in [0.25, 0.3) is 15.9 Å². The maximum atomic E-state index is 13.2. The predicted octanol–water partition coefficient (Wildman–Crippen LogP) is 4.82. The molecule has 0 spiro atoms. The fourth-order valence-corrected chi connectivity index (χ4v) is 5.59. The molecule has 1 amide bonds. The fourth-order valence-electron chi connectivity index (χ4n) is 3.25. The number of aryl methyl sites for hydroxylation is 1. The summed E-state index contributed by atoms with van der Waals surface area (Å²) in [7, 11) is -4.04. The maximum Gasteiger partial charge on any atom is 0.270 e. The van der Waals surface area contributed by atoms with Crippen LogP contribution in [0.4, 0.5) is 5.13 Å². The first-order valence-corrected chi connectivity index (χ1v) is 12.5. The van der Waals surface area contributed by atoms with Crippen molar-refractivity contribution in [2.24, 2.45) is 0 Å². The van der Waals surface area contributed by atoms with Crippen LogP contribution in [0.3, 0.4) is 0 Å². The Kier molecular flexibility index (Phi) is 6.85. The molecule has 0 saturated heterocycles. The predicted molar refractivity (Wildman–Crippen MR) is 129 cm³/mol. The van der Waals surface area contributed by atoms with Gasteiger partial charge < -0.3 is 0 Å². The zero-order valence-corrected chi connectivity index (χ0v) is 19.8. The average molecular weight is 499 g/mol. The zero-order valence-electron chi connectivity index (χ0n) is 17.4. The number of carbonyl (C=O) groups excluding carboxylic acids is 1. The molecule has 4 rings (SSSR count). The van der Waals surface area contributed by atoms with Gasteiger partial charge in [-0.25, -0.2) is 8.42 Å². The first-order valence-electron chi connectivity index (χ1n) is 9.87. The Labute approximate surface area is 200 Å². The first-order chi connectivity index (χ1) is 15.8. The molecule has 0 fully saturated rings.